The Balaban J connectivity index is 1.65. The van der Waals surface area contributed by atoms with Crippen LogP contribution >= 0.6 is 0 Å². The molecule has 0 spiro atoms. The molecular weight excluding hydrogens is 475 g/mol. The number of carbonyl (C=O) groups is 3. The fourth-order valence-electron chi connectivity index (χ4n) is 3.59. The minimum atomic E-state index is -1.25. The molecule has 0 aliphatic carbocycles. The van der Waals surface area contributed by atoms with E-state index in [1.807, 2.05) is 0 Å². The number of halogens is 3. The van der Waals surface area contributed by atoms with Crippen molar-refractivity contribution in [2.45, 2.75) is 12.5 Å². The van der Waals surface area contributed by atoms with Crippen LogP contribution in [0.25, 0.3) is 17.1 Å². The molecule has 11 heteroatoms. The first-order valence-electron chi connectivity index (χ1n) is 10.6. The smallest absolute Gasteiger partial charge is 0.287 e. The van der Waals surface area contributed by atoms with E-state index in [2.05, 4.69) is 15.4 Å². The fourth-order valence-corrected chi connectivity index (χ4v) is 3.59. The van der Waals surface area contributed by atoms with E-state index in [-0.39, 0.29) is 23.5 Å². The molecule has 3 N–H and O–H groups in total. The van der Waals surface area contributed by atoms with Gasteiger partial charge in [-0.2, -0.15) is 5.10 Å². The molecule has 2 amide bonds. The summed E-state index contributed by atoms with van der Waals surface area (Å²) in [5.41, 5.74) is 5.10. The molecule has 2 aromatic carbocycles. The second-order valence-electron chi connectivity index (χ2n) is 7.71. The highest BCUT2D eigenvalue weighted by Gasteiger charge is 2.27. The van der Waals surface area contributed by atoms with E-state index in [1.54, 1.807) is 30.3 Å². The van der Waals surface area contributed by atoms with E-state index in [1.165, 1.54) is 30.6 Å². The quantitative estimate of drug-likeness (QED) is 0.366. The second kappa shape index (κ2) is 10.2. The van der Waals surface area contributed by atoms with Crippen LogP contribution in [0.15, 0.2) is 73.1 Å². The van der Waals surface area contributed by atoms with Crippen molar-refractivity contribution < 1.29 is 27.6 Å². The number of rotatable bonds is 8. The van der Waals surface area contributed by atoms with E-state index in [4.69, 9.17) is 5.73 Å². The summed E-state index contributed by atoms with van der Waals surface area (Å²) in [6, 6.07) is 12.6. The molecular formula is C25H18F3N5O3. The lowest BCUT2D eigenvalue weighted by atomic mass is 10.0. The number of pyridine rings is 1. The maximum atomic E-state index is 14.2. The van der Waals surface area contributed by atoms with Crippen molar-refractivity contribution >= 4 is 17.6 Å². The third-order valence-corrected chi connectivity index (χ3v) is 5.25. The number of Topliss-reactive ketones (excluding diaryl/α,β-unsaturated/α-hetero) is 1. The first-order chi connectivity index (χ1) is 17.2. The number of amides is 2. The number of hydrogen-bond acceptors (Lipinski definition) is 5. The fraction of sp³-hybridized carbons (Fsp3) is 0.0800. The maximum absolute atomic E-state index is 14.2. The van der Waals surface area contributed by atoms with Gasteiger partial charge in [-0.25, -0.2) is 22.8 Å². The Morgan fingerprint density at radius 3 is 2.33 bits per heavy atom. The molecule has 2 aromatic heterocycles. The van der Waals surface area contributed by atoms with Crippen molar-refractivity contribution in [1.82, 2.24) is 20.1 Å². The lowest BCUT2D eigenvalue weighted by molar-refractivity contribution is -0.137. The number of primary amides is 1. The Hall–Kier alpha value is -4.80. The minimum absolute atomic E-state index is 0.0129. The molecule has 4 rings (SSSR count). The molecule has 0 aliphatic heterocycles. The van der Waals surface area contributed by atoms with Gasteiger partial charge in [0.05, 0.1) is 16.8 Å². The highest BCUT2D eigenvalue weighted by Crippen LogP contribution is 2.26. The van der Waals surface area contributed by atoms with Crippen LogP contribution < -0.4 is 11.1 Å². The zero-order valence-electron chi connectivity index (χ0n) is 18.5. The Kier molecular flexibility index (Phi) is 6.91. The summed E-state index contributed by atoms with van der Waals surface area (Å²) in [4.78, 5) is 41.2. The van der Waals surface area contributed by atoms with Crippen LogP contribution in [0, 0.1) is 17.5 Å². The zero-order valence-corrected chi connectivity index (χ0v) is 18.5. The highest BCUT2D eigenvalue weighted by molar-refractivity contribution is 6.38. The Morgan fingerprint density at radius 1 is 0.972 bits per heavy atom. The van der Waals surface area contributed by atoms with E-state index in [0.29, 0.717) is 17.7 Å². The van der Waals surface area contributed by atoms with Gasteiger partial charge in [-0.15, -0.1) is 0 Å². The molecule has 0 saturated carbocycles. The third-order valence-electron chi connectivity index (χ3n) is 5.25. The SMILES string of the molecule is NC(=O)C(=O)C(Cc1ccccc1)NC(=O)c1cccnc1-n1ccc(-c2c(F)cc(F)cc2F)n1. The van der Waals surface area contributed by atoms with Crippen molar-refractivity contribution in [1.29, 1.82) is 0 Å². The van der Waals surface area contributed by atoms with Gasteiger partial charge >= 0.3 is 0 Å². The van der Waals surface area contributed by atoms with Gasteiger partial charge in [-0.05, 0) is 23.8 Å². The number of carbonyl (C=O) groups excluding carboxylic acids is 3. The van der Waals surface area contributed by atoms with Crippen LogP contribution in [0.4, 0.5) is 13.2 Å². The second-order valence-corrected chi connectivity index (χ2v) is 7.71. The van der Waals surface area contributed by atoms with E-state index in [9.17, 15) is 27.6 Å². The highest BCUT2D eigenvalue weighted by atomic mass is 19.1. The Morgan fingerprint density at radius 2 is 1.67 bits per heavy atom. The van der Waals surface area contributed by atoms with Crippen molar-refractivity contribution in [2.75, 3.05) is 0 Å². The minimum Gasteiger partial charge on any atom is -0.363 e. The largest absolute Gasteiger partial charge is 0.363 e. The summed E-state index contributed by atoms with van der Waals surface area (Å²) < 4.78 is 42.8. The zero-order chi connectivity index (χ0) is 25.8. The summed E-state index contributed by atoms with van der Waals surface area (Å²) >= 11 is 0. The van der Waals surface area contributed by atoms with Gasteiger partial charge in [-0.3, -0.25) is 14.4 Å². The van der Waals surface area contributed by atoms with Crippen LogP contribution in [0.2, 0.25) is 0 Å². The third kappa shape index (κ3) is 5.14. The molecule has 0 fully saturated rings. The number of hydrogen-bond donors (Lipinski definition) is 2. The average molecular weight is 493 g/mol. The molecule has 0 bridgehead atoms. The summed E-state index contributed by atoms with van der Waals surface area (Å²) in [5.74, 6) is -6.34. The van der Waals surface area contributed by atoms with Gasteiger partial charge in [0.2, 0.25) is 5.78 Å². The van der Waals surface area contributed by atoms with Gasteiger partial charge in [0, 0.05) is 30.9 Å². The first kappa shape index (κ1) is 24.3. The summed E-state index contributed by atoms with van der Waals surface area (Å²) in [6.45, 7) is 0. The molecule has 36 heavy (non-hydrogen) atoms. The molecule has 1 atom stereocenters. The molecule has 1 unspecified atom stereocenters. The number of aromatic nitrogens is 3. The molecule has 8 nitrogen and oxygen atoms in total. The van der Waals surface area contributed by atoms with E-state index >= 15 is 0 Å². The monoisotopic (exact) mass is 493 g/mol. The molecule has 4 aromatic rings. The standard InChI is InChI=1S/C25H18F3N5O3/c26-15-12-17(27)21(18(28)13-15)19-8-10-33(32-19)24-16(7-4-9-30-24)25(36)31-20(22(34)23(29)35)11-14-5-2-1-3-6-14/h1-10,12-13,20H,11H2,(H2,29,35)(H,31,36). The number of nitrogens with zero attached hydrogens (tertiary/aromatic N) is 3. The molecule has 0 saturated heterocycles. The molecule has 0 aliphatic rings. The topological polar surface area (TPSA) is 120 Å². The maximum Gasteiger partial charge on any atom is 0.287 e. The Bertz CT molecular complexity index is 1430. The number of ketones is 1. The van der Waals surface area contributed by atoms with Crippen LogP contribution in [0.3, 0.4) is 0 Å². The van der Waals surface area contributed by atoms with Crippen LogP contribution in [0.5, 0.6) is 0 Å². The summed E-state index contributed by atoms with van der Waals surface area (Å²) in [5, 5.41) is 6.59. The van der Waals surface area contributed by atoms with Crippen molar-refractivity contribution in [3.8, 4) is 17.1 Å². The Labute approximate surface area is 202 Å². The summed E-state index contributed by atoms with van der Waals surface area (Å²) in [7, 11) is 0. The average Bonchev–Trinajstić information content (AvgIpc) is 3.32. The summed E-state index contributed by atoms with van der Waals surface area (Å²) in [6.07, 6.45) is 2.69. The van der Waals surface area contributed by atoms with Gasteiger partial charge in [0.15, 0.2) is 5.82 Å². The predicted octanol–water partition coefficient (Wildman–Crippen LogP) is 2.75. The lowest BCUT2D eigenvalue weighted by Gasteiger charge is -2.17. The van der Waals surface area contributed by atoms with Crippen molar-refractivity contribution in [3.63, 3.8) is 0 Å². The lowest BCUT2D eigenvalue weighted by Crippen LogP contribution is -2.47. The molecule has 2 heterocycles. The molecule has 182 valence electrons. The predicted molar refractivity (Wildman–Crippen MR) is 122 cm³/mol. The van der Waals surface area contributed by atoms with Crippen LogP contribution in [-0.2, 0) is 16.0 Å². The van der Waals surface area contributed by atoms with Gasteiger partial charge < -0.3 is 11.1 Å². The number of benzene rings is 2. The van der Waals surface area contributed by atoms with E-state index in [0.717, 1.165) is 4.68 Å². The van der Waals surface area contributed by atoms with E-state index < -0.39 is 46.7 Å². The first-order valence-corrected chi connectivity index (χ1v) is 10.6. The number of nitrogens with one attached hydrogen (secondary N) is 1. The normalized spacial score (nSPS) is 11.6. The van der Waals surface area contributed by atoms with Crippen LogP contribution in [-0.4, -0.2) is 38.4 Å². The van der Waals surface area contributed by atoms with Crippen molar-refractivity contribution in [3.05, 3.63) is 102 Å². The van der Waals surface area contributed by atoms with Gasteiger partial charge in [0.25, 0.3) is 11.8 Å². The van der Waals surface area contributed by atoms with Crippen LogP contribution in [0.1, 0.15) is 15.9 Å². The van der Waals surface area contributed by atoms with Gasteiger partial charge in [-0.1, -0.05) is 30.3 Å². The molecule has 0 radical (unpaired) electrons. The van der Waals surface area contributed by atoms with Gasteiger partial charge in [0.1, 0.15) is 23.5 Å². The number of nitrogens with two attached hydrogens (primary N) is 1. The van der Waals surface area contributed by atoms with Crippen molar-refractivity contribution in [2.24, 2.45) is 5.73 Å².